The molecule has 2 fully saturated rings. The van der Waals surface area contributed by atoms with Crippen LogP contribution in [0.4, 0.5) is 13.2 Å². The summed E-state index contributed by atoms with van der Waals surface area (Å²) in [6.07, 6.45) is -2.25. The molecule has 9 heteroatoms. The number of hydrogen-bond donors (Lipinski definition) is 1. The first kappa shape index (κ1) is 21.0. The lowest BCUT2D eigenvalue weighted by atomic mass is 9.95. The highest BCUT2D eigenvalue weighted by Gasteiger charge is 2.39. The molecule has 0 saturated carbocycles. The molecule has 2 rings (SSSR count). The summed E-state index contributed by atoms with van der Waals surface area (Å²) < 4.78 is 43.9. The fraction of sp³-hybridized carbons (Fsp3) is 0.882. The van der Waals surface area contributed by atoms with E-state index in [1.165, 1.54) is 0 Å². The van der Waals surface area contributed by atoms with Crippen LogP contribution in [-0.2, 0) is 14.3 Å². The number of nitrogens with zero attached hydrogens (tertiary/aromatic N) is 2. The van der Waals surface area contributed by atoms with E-state index in [-0.39, 0.29) is 25.1 Å². The third kappa shape index (κ3) is 5.57. The number of alkyl halides is 3. The van der Waals surface area contributed by atoms with Crippen LogP contribution in [0.1, 0.15) is 39.0 Å². The number of ether oxygens (including phenoxy) is 1. The standard InChI is InChI=1S/C17H28F3N3O3/c1-2-7-23(11-17(18,19)20)15(24)12-4-3-8-22(10-12)16(25)14-6-5-13(9-21)26-14/h12-14H,2-11,21H2,1H3/t12?,13-,14+/m1/s1. The van der Waals surface area contributed by atoms with Gasteiger partial charge in [-0.05, 0) is 32.1 Å². The molecule has 0 bridgehead atoms. The second-order valence-corrected chi connectivity index (χ2v) is 7.06. The van der Waals surface area contributed by atoms with Gasteiger partial charge in [0.1, 0.15) is 12.6 Å². The van der Waals surface area contributed by atoms with Crippen molar-refractivity contribution in [1.29, 1.82) is 0 Å². The average molecular weight is 379 g/mol. The average Bonchev–Trinajstić information content (AvgIpc) is 3.08. The Balaban J connectivity index is 1.97. The van der Waals surface area contributed by atoms with Crippen LogP contribution < -0.4 is 5.73 Å². The summed E-state index contributed by atoms with van der Waals surface area (Å²) in [7, 11) is 0. The van der Waals surface area contributed by atoms with Crippen LogP contribution in [0, 0.1) is 5.92 Å². The molecule has 150 valence electrons. The van der Waals surface area contributed by atoms with Gasteiger partial charge in [0.05, 0.1) is 12.0 Å². The highest BCUT2D eigenvalue weighted by molar-refractivity contribution is 5.83. The Morgan fingerprint density at radius 3 is 2.58 bits per heavy atom. The van der Waals surface area contributed by atoms with Gasteiger partial charge in [-0.1, -0.05) is 6.92 Å². The normalized spacial score (nSPS) is 26.8. The van der Waals surface area contributed by atoms with Crippen LogP contribution in [0.2, 0.25) is 0 Å². The highest BCUT2D eigenvalue weighted by atomic mass is 19.4. The summed E-state index contributed by atoms with van der Waals surface area (Å²) in [5, 5.41) is 0. The molecule has 1 unspecified atom stereocenters. The lowest BCUT2D eigenvalue weighted by molar-refractivity contribution is -0.165. The van der Waals surface area contributed by atoms with Crippen molar-refractivity contribution in [2.45, 2.75) is 57.4 Å². The lowest BCUT2D eigenvalue weighted by Crippen LogP contribution is -2.50. The Labute approximate surface area is 151 Å². The highest BCUT2D eigenvalue weighted by Crippen LogP contribution is 2.26. The second-order valence-electron chi connectivity index (χ2n) is 7.06. The van der Waals surface area contributed by atoms with Gasteiger partial charge in [0.2, 0.25) is 5.91 Å². The molecule has 2 N–H and O–H groups in total. The predicted octanol–water partition coefficient (Wildman–Crippen LogP) is 1.53. The van der Waals surface area contributed by atoms with Crippen molar-refractivity contribution in [3.05, 3.63) is 0 Å². The maximum Gasteiger partial charge on any atom is 0.406 e. The van der Waals surface area contributed by atoms with Crippen molar-refractivity contribution in [2.75, 3.05) is 32.7 Å². The molecular weight excluding hydrogens is 351 g/mol. The van der Waals surface area contributed by atoms with Gasteiger partial charge in [-0.25, -0.2) is 0 Å². The first-order chi connectivity index (χ1) is 12.2. The molecule has 0 aromatic heterocycles. The van der Waals surface area contributed by atoms with Crippen molar-refractivity contribution < 1.29 is 27.5 Å². The number of hydrogen-bond acceptors (Lipinski definition) is 4. The van der Waals surface area contributed by atoms with Crippen molar-refractivity contribution in [3.8, 4) is 0 Å². The van der Waals surface area contributed by atoms with E-state index in [9.17, 15) is 22.8 Å². The number of rotatable bonds is 6. The summed E-state index contributed by atoms with van der Waals surface area (Å²) in [5.41, 5.74) is 5.56. The summed E-state index contributed by atoms with van der Waals surface area (Å²) in [4.78, 5) is 27.6. The molecule has 0 aromatic rings. The molecule has 0 aromatic carbocycles. The summed E-state index contributed by atoms with van der Waals surface area (Å²) in [5.74, 6) is -1.29. The summed E-state index contributed by atoms with van der Waals surface area (Å²) in [6, 6.07) is 0. The van der Waals surface area contributed by atoms with E-state index < -0.39 is 30.7 Å². The van der Waals surface area contributed by atoms with Crippen LogP contribution in [-0.4, -0.2) is 72.7 Å². The minimum absolute atomic E-state index is 0.0622. The minimum atomic E-state index is -4.43. The SMILES string of the molecule is CCCN(CC(F)(F)F)C(=O)C1CCCN(C(=O)[C@@H]2CC[C@H](CN)O2)C1. The van der Waals surface area contributed by atoms with Crippen molar-refractivity contribution >= 4 is 11.8 Å². The van der Waals surface area contributed by atoms with Crippen molar-refractivity contribution in [3.63, 3.8) is 0 Å². The Morgan fingerprint density at radius 1 is 1.27 bits per heavy atom. The smallest absolute Gasteiger partial charge is 0.364 e. The van der Waals surface area contributed by atoms with Gasteiger partial charge in [0, 0.05) is 26.2 Å². The van der Waals surface area contributed by atoms with Gasteiger partial charge >= 0.3 is 6.18 Å². The Kier molecular flexibility index (Phi) is 7.28. The number of likely N-dealkylation sites (tertiary alicyclic amines) is 1. The van der Waals surface area contributed by atoms with Crippen LogP contribution in [0.25, 0.3) is 0 Å². The van der Waals surface area contributed by atoms with Gasteiger partial charge in [-0.2, -0.15) is 13.2 Å². The van der Waals surface area contributed by atoms with Gasteiger partial charge in [0.15, 0.2) is 0 Å². The molecule has 2 aliphatic heterocycles. The number of nitrogens with two attached hydrogens (primary N) is 1. The lowest BCUT2D eigenvalue weighted by Gasteiger charge is -2.36. The third-order valence-corrected chi connectivity index (χ3v) is 4.90. The molecule has 0 spiro atoms. The maximum atomic E-state index is 12.8. The molecule has 2 heterocycles. The van der Waals surface area contributed by atoms with Gasteiger partial charge in [-0.3, -0.25) is 9.59 Å². The number of carbonyl (C=O) groups excluding carboxylic acids is 2. The largest absolute Gasteiger partial charge is 0.406 e. The zero-order chi connectivity index (χ0) is 19.3. The number of piperidine rings is 1. The summed E-state index contributed by atoms with van der Waals surface area (Å²) >= 11 is 0. The van der Waals surface area contributed by atoms with Crippen LogP contribution in [0.3, 0.4) is 0 Å². The van der Waals surface area contributed by atoms with Crippen LogP contribution in [0.5, 0.6) is 0 Å². The first-order valence-electron chi connectivity index (χ1n) is 9.25. The quantitative estimate of drug-likeness (QED) is 0.760. The van der Waals surface area contributed by atoms with Gasteiger partial charge in [0.25, 0.3) is 5.91 Å². The maximum absolute atomic E-state index is 12.8. The number of amides is 2. The molecule has 2 amide bonds. The zero-order valence-electron chi connectivity index (χ0n) is 15.1. The molecule has 0 aliphatic carbocycles. The van der Waals surface area contributed by atoms with Gasteiger partial charge < -0.3 is 20.3 Å². The first-order valence-corrected chi connectivity index (χ1v) is 9.25. The molecule has 6 nitrogen and oxygen atoms in total. The number of halogens is 3. The predicted molar refractivity (Wildman–Crippen MR) is 89.2 cm³/mol. The Bertz CT molecular complexity index is 501. The third-order valence-electron chi connectivity index (χ3n) is 4.90. The summed E-state index contributed by atoms with van der Waals surface area (Å²) in [6.45, 7) is 1.57. The fourth-order valence-electron chi connectivity index (χ4n) is 3.65. The molecular formula is C17H28F3N3O3. The van der Waals surface area contributed by atoms with E-state index in [0.717, 1.165) is 11.3 Å². The molecule has 0 radical (unpaired) electrons. The minimum Gasteiger partial charge on any atom is -0.364 e. The molecule has 26 heavy (non-hydrogen) atoms. The van der Waals surface area contributed by atoms with Crippen LogP contribution in [0.15, 0.2) is 0 Å². The van der Waals surface area contributed by atoms with E-state index in [1.54, 1.807) is 11.8 Å². The zero-order valence-corrected chi connectivity index (χ0v) is 15.1. The Morgan fingerprint density at radius 2 is 2.00 bits per heavy atom. The monoisotopic (exact) mass is 379 g/mol. The van der Waals surface area contributed by atoms with E-state index >= 15 is 0 Å². The fourth-order valence-corrected chi connectivity index (χ4v) is 3.65. The van der Waals surface area contributed by atoms with E-state index in [0.29, 0.717) is 38.8 Å². The van der Waals surface area contributed by atoms with E-state index in [4.69, 9.17) is 10.5 Å². The van der Waals surface area contributed by atoms with E-state index in [1.807, 2.05) is 0 Å². The van der Waals surface area contributed by atoms with Crippen molar-refractivity contribution in [1.82, 2.24) is 9.80 Å². The number of carbonyl (C=O) groups is 2. The molecule has 2 aliphatic rings. The second kappa shape index (κ2) is 9.03. The van der Waals surface area contributed by atoms with Gasteiger partial charge in [-0.15, -0.1) is 0 Å². The van der Waals surface area contributed by atoms with Crippen molar-refractivity contribution in [2.24, 2.45) is 11.7 Å². The van der Waals surface area contributed by atoms with Crippen LogP contribution >= 0.6 is 0 Å². The van der Waals surface area contributed by atoms with E-state index in [2.05, 4.69) is 0 Å². The molecule has 3 atom stereocenters. The topological polar surface area (TPSA) is 75.9 Å². The molecule has 2 saturated heterocycles. The Hall–Kier alpha value is -1.35.